The molecule has 144 valence electrons. The standard InChI is InChI=1S/C22H19Cl2NO3/c1-14-7-9-17(12-19(14)24)25-22(26)15-8-10-20(27-2)16(11-15)13-28-21-6-4-3-5-18(21)23/h3-12H,13H2,1-2H3,(H,25,26). The number of aryl methyl sites for hydroxylation is 1. The molecule has 0 fully saturated rings. The van der Waals surface area contributed by atoms with E-state index in [1.165, 1.54) is 0 Å². The third-order valence-corrected chi connectivity index (χ3v) is 4.91. The van der Waals surface area contributed by atoms with Gasteiger partial charge in [-0.05, 0) is 55.0 Å². The molecule has 0 saturated carbocycles. The number of hydrogen-bond acceptors (Lipinski definition) is 3. The predicted octanol–water partition coefficient (Wildman–Crippen LogP) is 6.14. The first-order valence-corrected chi connectivity index (χ1v) is 9.35. The van der Waals surface area contributed by atoms with E-state index in [0.29, 0.717) is 32.8 Å². The van der Waals surface area contributed by atoms with Gasteiger partial charge in [0.15, 0.2) is 0 Å². The average molecular weight is 416 g/mol. The summed E-state index contributed by atoms with van der Waals surface area (Å²) in [6.45, 7) is 2.12. The largest absolute Gasteiger partial charge is 0.496 e. The number of benzene rings is 3. The number of ether oxygens (including phenoxy) is 2. The molecule has 0 aliphatic carbocycles. The van der Waals surface area contributed by atoms with E-state index in [9.17, 15) is 4.79 Å². The molecule has 0 spiro atoms. The number of rotatable bonds is 6. The van der Waals surface area contributed by atoms with Crippen molar-refractivity contribution >= 4 is 34.8 Å². The van der Waals surface area contributed by atoms with Gasteiger partial charge in [0.25, 0.3) is 5.91 Å². The second kappa shape index (κ2) is 9.00. The van der Waals surface area contributed by atoms with Gasteiger partial charge in [-0.2, -0.15) is 0 Å². The van der Waals surface area contributed by atoms with Gasteiger partial charge in [0.05, 0.1) is 12.1 Å². The molecule has 3 aromatic rings. The normalized spacial score (nSPS) is 10.4. The third-order valence-electron chi connectivity index (χ3n) is 4.19. The SMILES string of the molecule is COc1ccc(C(=O)Nc2ccc(C)c(Cl)c2)cc1COc1ccccc1Cl. The molecule has 0 aliphatic heterocycles. The summed E-state index contributed by atoms with van der Waals surface area (Å²) >= 11 is 12.3. The van der Waals surface area contributed by atoms with Crippen molar-refractivity contribution < 1.29 is 14.3 Å². The molecule has 3 aromatic carbocycles. The Kier molecular flexibility index (Phi) is 6.45. The minimum atomic E-state index is -0.249. The van der Waals surface area contributed by atoms with Crippen LogP contribution in [-0.2, 0) is 6.61 Å². The van der Waals surface area contributed by atoms with Crippen LogP contribution in [0.3, 0.4) is 0 Å². The lowest BCUT2D eigenvalue weighted by molar-refractivity contribution is 0.102. The van der Waals surface area contributed by atoms with Gasteiger partial charge in [-0.15, -0.1) is 0 Å². The molecule has 28 heavy (non-hydrogen) atoms. The van der Waals surface area contributed by atoms with Crippen LogP contribution in [0.2, 0.25) is 10.0 Å². The predicted molar refractivity (Wildman–Crippen MR) is 113 cm³/mol. The van der Waals surface area contributed by atoms with Crippen molar-refractivity contribution in [2.45, 2.75) is 13.5 Å². The Bertz CT molecular complexity index is 1000. The quantitative estimate of drug-likeness (QED) is 0.525. The second-order valence-electron chi connectivity index (χ2n) is 6.16. The summed E-state index contributed by atoms with van der Waals surface area (Å²) in [5.74, 6) is 0.943. The lowest BCUT2D eigenvalue weighted by Gasteiger charge is -2.13. The van der Waals surface area contributed by atoms with Crippen LogP contribution in [0.4, 0.5) is 5.69 Å². The van der Waals surface area contributed by atoms with Crippen molar-refractivity contribution in [1.29, 1.82) is 0 Å². The zero-order chi connectivity index (χ0) is 20.1. The van der Waals surface area contributed by atoms with E-state index in [1.807, 2.05) is 31.2 Å². The maximum Gasteiger partial charge on any atom is 0.255 e. The molecule has 1 N–H and O–H groups in total. The lowest BCUT2D eigenvalue weighted by atomic mass is 10.1. The summed E-state index contributed by atoms with van der Waals surface area (Å²) in [7, 11) is 1.57. The van der Waals surface area contributed by atoms with Crippen LogP contribution in [-0.4, -0.2) is 13.0 Å². The zero-order valence-corrected chi connectivity index (χ0v) is 17.0. The van der Waals surface area contributed by atoms with Gasteiger partial charge in [-0.25, -0.2) is 0 Å². The van der Waals surface area contributed by atoms with Crippen LogP contribution < -0.4 is 14.8 Å². The highest BCUT2D eigenvalue weighted by atomic mass is 35.5. The highest BCUT2D eigenvalue weighted by molar-refractivity contribution is 6.32. The minimum Gasteiger partial charge on any atom is -0.496 e. The Morgan fingerprint density at radius 1 is 0.964 bits per heavy atom. The summed E-state index contributed by atoms with van der Waals surface area (Å²) in [5.41, 5.74) is 2.79. The first-order chi connectivity index (χ1) is 13.5. The first-order valence-electron chi connectivity index (χ1n) is 8.59. The van der Waals surface area contributed by atoms with E-state index in [4.69, 9.17) is 32.7 Å². The van der Waals surface area contributed by atoms with Gasteiger partial charge < -0.3 is 14.8 Å². The summed E-state index contributed by atoms with van der Waals surface area (Å²) in [5, 5.41) is 3.97. The molecule has 0 atom stereocenters. The fourth-order valence-electron chi connectivity index (χ4n) is 2.62. The third kappa shape index (κ3) is 4.77. The molecule has 0 aliphatic rings. The van der Waals surface area contributed by atoms with Crippen LogP contribution in [0.25, 0.3) is 0 Å². The van der Waals surface area contributed by atoms with E-state index in [1.54, 1.807) is 43.5 Å². The molecular weight excluding hydrogens is 397 g/mol. The van der Waals surface area contributed by atoms with Crippen molar-refractivity contribution in [2.75, 3.05) is 12.4 Å². The molecule has 1 amide bonds. The maximum atomic E-state index is 12.6. The van der Waals surface area contributed by atoms with Gasteiger partial charge >= 0.3 is 0 Å². The number of amides is 1. The number of nitrogens with one attached hydrogen (secondary N) is 1. The van der Waals surface area contributed by atoms with Crippen LogP contribution in [0, 0.1) is 6.92 Å². The Balaban J connectivity index is 1.78. The topological polar surface area (TPSA) is 47.6 Å². The Hall–Kier alpha value is -2.69. The Morgan fingerprint density at radius 2 is 1.75 bits per heavy atom. The number of anilines is 1. The number of para-hydroxylation sites is 1. The van der Waals surface area contributed by atoms with E-state index in [0.717, 1.165) is 11.1 Å². The zero-order valence-electron chi connectivity index (χ0n) is 15.5. The van der Waals surface area contributed by atoms with Gasteiger partial charge in [0.1, 0.15) is 18.1 Å². The van der Waals surface area contributed by atoms with Crippen molar-refractivity contribution in [3.05, 3.63) is 87.4 Å². The van der Waals surface area contributed by atoms with E-state index < -0.39 is 0 Å². The van der Waals surface area contributed by atoms with Gasteiger partial charge in [-0.3, -0.25) is 4.79 Å². The second-order valence-corrected chi connectivity index (χ2v) is 6.98. The first kappa shape index (κ1) is 20.1. The van der Waals surface area contributed by atoms with Crippen LogP contribution in [0.1, 0.15) is 21.5 Å². The minimum absolute atomic E-state index is 0.213. The number of methoxy groups -OCH3 is 1. The summed E-state index contributed by atoms with van der Waals surface area (Å²) in [6.07, 6.45) is 0. The molecule has 3 rings (SSSR count). The summed E-state index contributed by atoms with van der Waals surface area (Å²) in [4.78, 5) is 12.6. The number of carbonyl (C=O) groups excluding carboxylic acids is 1. The van der Waals surface area contributed by atoms with E-state index in [-0.39, 0.29) is 12.5 Å². The molecule has 0 unspecified atom stereocenters. The van der Waals surface area contributed by atoms with E-state index >= 15 is 0 Å². The monoisotopic (exact) mass is 415 g/mol. The van der Waals surface area contributed by atoms with Crippen LogP contribution in [0.5, 0.6) is 11.5 Å². The molecular formula is C22H19Cl2NO3. The molecule has 0 heterocycles. The smallest absolute Gasteiger partial charge is 0.255 e. The highest BCUT2D eigenvalue weighted by Crippen LogP contribution is 2.27. The van der Waals surface area contributed by atoms with Gasteiger partial charge in [-0.1, -0.05) is 41.4 Å². The summed E-state index contributed by atoms with van der Waals surface area (Å²) in [6, 6.07) is 17.8. The fourth-order valence-corrected chi connectivity index (χ4v) is 2.99. The van der Waals surface area contributed by atoms with Gasteiger partial charge in [0.2, 0.25) is 0 Å². The van der Waals surface area contributed by atoms with Crippen molar-refractivity contribution in [2.24, 2.45) is 0 Å². The van der Waals surface area contributed by atoms with Crippen molar-refractivity contribution in [1.82, 2.24) is 0 Å². The molecule has 0 bridgehead atoms. The average Bonchev–Trinajstić information content (AvgIpc) is 2.70. The molecule has 0 radical (unpaired) electrons. The molecule has 0 aromatic heterocycles. The maximum absolute atomic E-state index is 12.6. The van der Waals surface area contributed by atoms with Crippen LogP contribution in [0.15, 0.2) is 60.7 Å². The Morgan fingerprint density at radius 3 is 2.46 bits per heavy atom. The molecule has 0 saturated heterocycles. The van der Waals surface area contributed by atoms with E-state index in [2.05, 4.69) is 5.32 Å². The highest BCUT2D eigenvalue weighted by Gasteiger charge is 2.12. The lowest BCUT2D eigenvalue weighted by Crippen LogP contribution is -2.13. The van der Waals surface area contributed by atoms with Crippen LogP contribution >= 0.6 is 23.2 Å². The number of halogens is 2. The molecule has 6 heteroatoms. The number of hydrogen-bond donors (Lipinski definition) is 1. The molecule has 4 nitrogen and oxygen atoms in total. The fraction of sp³-hybridized carbons (Fsp3) is 0.136. The summed E-state index contributed by atoms with van der Waals surface area (Å²) < 4.78 is 11.2. The van der Waals surface area contributed by atoms with Crippen molar-refractivity contribution in [3.8, 4) is 11.5 Å². The van der Waals surface area contributed by atoms with Gasteiger partial charge in [0, 0.05) is 21.8 Å². The number of carbonyl (C=O) groups is 1. The Labute approximate surface area is 174 Å². The van der Waals surface area contributed by atoms with Crippen molar-refractivity contribution in [3.63, 3.8) is 0 Å².